The van der Waals surface area contributed by atoms with Crippen molar-refractivity contribution in [1.82, 2.24) is 14.5 Å². The highest BCUT2D eigenvalue weighted by Gasteiger charge is 2.31. The van der Waals surface area contributed by atoms with E-state index in [0.717, 1.165) is 11.3 Å². The van der Waals surface area contributed by atoms with Crippen molar-refractivity contribution in [1.29, 1.82) is 0 Å². The van der Waals surface area contributed by atoms with Crippen LogP contribution < -0.4 is 5.32 Å². The van der Waals surface area contributed by atoms with Crippen molar-refractivity contribution >= 4 is 33.6 Å². The Balaban J connectivity index is 2.04. The van der Waals surface area contributed by atoms with E-state index in [4.69, 9.17) is 0 Å². The van der Waals surface area contributed by atoms with E-state index in [2.05, 4.69) is 5.32 Å². The molecule has 1 unspecified atom stereocenters. The molecule has 1 atom stereocenters. The number of benzene rings is 1. The quantitative estimate of drug-likeness (QED) is 0.677. The average Bonchev–Trinajstić information content (AvgIpc) is 2.70. The molecule has 1 aliphatic rings. The van der Waals surface area contributed by atoms with Crippen LogP contribution in [0.15, 0.2) is 24.3 Å². The first-order valence-electron chi connectivity index (χ1n) is 9.41. The molecule has 0 bridgehead atoms. The van der Waals surface area contributed by atoms with Crippen molar-refractivity contribution < 1.29 is 18.0 Å². The molecular weight excluding hydrogens is 398 g/mol. The number of hydrogen-bond donors (Lipinski definition) is 1. The van der Waals surface area contributed by atoms with E-state index in [1.165, 1.54) is 4.31 Å². The highest BCUT2D eigenvalue weighted by atomic mass is 32.2. The topological polar surface area (TPSA) is 86.8 Å². The van der Waals surface area contributed by atoms with Gasteiger partial charge in [0.1, 0.15) is 6.04 Å². The summed E-state index contributed by atoms with van der Waals surface area (Å²) in [6.07, 6.45) is 2.49. The molecule has 1 aliphatic heterocycles. The van der Waals surface area contributed by atoms with Crippen molar-refractivity contribution in [3.63, 3.8) is 0 Å². The Labute approximate surface area is 171 Å². The summed E-state index contributed by atoms with van der Waals surface area (Å²) in [5, 5.41) is 2.87. The third kappa shape index (κ3) is 5.96. The molecule has 1 N–H and O–H groups in total. The van der Waals surface area contributed by atoms with E-state index in [1.807, 2.05) is 25.3 Å². The number of rotatable bonds is 8. The second-order valence-electron chi connectivity index (χ2n) is 6.80. The number of carbonyl (C=O) groups excluding carboxylic acids is 2. The van der Waals surface area contributed by atoms with Gasteiger partial charge >= 0.3 is 0 Å². The highest BCUT2D eigenvalue weighted by Crippen LogP contribution is 2.12. The van der Waals surface area contributed by atoms with Crippen LogP contribution in [0.1, 0.15) is 29.3 Å². The number of carbonyl (C=O) groups is 2. The molecule has 1 aromatic carbocycles. The molecule has 0 spiro atoms. The minimum absolute atomic E-state index is 0.0594. The van der Waals surface area contributed by atoms with E-state index in [-0.39, 0.29) is 17.6 Å². The Hall–Kier alpha value is -1.58. The number of hydrogen-bond acceptors (Lipinski definition) is 5. The first-order chi connectivity index (χ1) is 13.3. The van der Waals surface area contributed by atoms with Gasteiger partial charge in [-0.3, -0.25) is 9.59 Å². The van der Waals surface area contributed by atoms with Crippen LogP contribution in [0.3, 0.4) is 0 Å². The van der Waals surface area contributed by atoms with Gasteiger partial charge < -0.3 is 10.2 Å². The number of nitrogens with zero attached hydrogens (tertiary/aromatic N) is 2. The molecule has 9 heteroatoms. The molecule has 0 aromatic heterocycles. The minimum Gasteiger partial charge on any atom is -0.340 e. The first kappa shape index (κ1) is 22.7. The zero-order valence-corrected chi connectivity index (χ0v) is 18.3. The van der Waals surface area contributed by atoms with Gasteiger partial charge in [0.15, 0.2) is 0 Å². The smallest absolute Gasteiger partial charge is 0.251 e. The second-order valence-corrected chi connectivity index (χ2v) is 10.0. The van der Waals surface area contributed by atoms with E-state index in [0.29, 0.717) is 38.2 Å². The second kappa shape index (κ2) is 10.3. The van der Waals surface area contributed by atoms with Gasteiger partial charge in [0.2, 0.25) is 15.9 Å². The molecule has 0 radical (unpaired) electrons. The van der Waals surface area contributed by atoms with Gasteiger partial charge in [-0.15, -0.1) is 0 Å². The van der Waals surface area contributed by atoms with Gasteiger partial charge in [0, 0.05) is 31.7 Å². The van der Waals surface area contributed by atoms with Crippen molar-refractivity contribution in [2.45, 2.75) is 26.3 Å². The van der Waals surface area contributed by atoms with E-state index in [9.17, 15) is 18.0 Å². The molecule has 7 nitrogen and oxygen atoms in total. The van der Waals surface area contributed by atoms with Gasteiger partial charge in [-0.2, -0.15) is 16.1 Å². The molecule has 0 aliphatic carbocycles. The maximum absolute atomic E-state index is 13.0. The van der Waals surface area contributed by atoms with Gasteiger partial charge in [0.25, 0.3) is 5.91 Å². The average molecular weight is 428 g/mol. The Morgan fingerprint density at radius 2 is 1.89 bits per heavy atom. The van der Waals surface area contributed by atoms with Crippen LogP contribution in [0.25, 0.3) is 0 Å². The van der Waals surface area contributed by atoms with E-state index < -0.39 is 16.1 Å². The van der Waals surface area contributed by atoms with Crippen LogP contribution in [0, 0.1) is 6.92 Å². The predicted molar refractivity (Wildman–Crippen MR) is 113 cm³/mol. The fourth-order valence-electron chi connectivity index (χ4n) is 3.11. The zero-order valence-electron chi connectivity index (χ0n) is 16.7. The van der Waals surface area contributed by atoms with E-state index >= 15 is 0 Å². The van der Waals surface area contributed by atoms with Crippen LogP contribution in [0.4, 0.5) is 0 Å². The molecular formula is C19H29N3O4S2. The van der Waals surface area contributed by atoms with Crippen LogP contribution >= 0.6 is 11.8 Å². The Kier molecular flexibility index (Phi) is 8.33. The third-order valence-corrected chi connectivity index (χ3v) is 7.33. The van der Waals surface area contributed by atoms with Gasteiger partial charge in [-0.05, 0) is 44.4 Å². The summed E-state index contributed by atoms with van der Waals surface area (Å²) in [6, 6.07) is 6.63. The zero-order chi connectivity index (χ0) is 20.7. The maximum Gasteiger partial charge on any atom is 0.251 e. The fraction of sp³-hybridized carbons (Fsp3) is 0.579. The number of aryl methyl sites for hydroxylation is 1. The normalized spacial score (nSPS) is 16.6. The van der Waals surface area contributed by atoms with Crippen LogP contribution in [-0.4, -0.2) is 79.4 Å². The number of amides is 2. The summed E-state index contributed by atoms with van der Waals surface area (Å²) in [5.41, 5.74) is 1.51. The van der Waals surface area contributed by atoms with Gasteiger partial charge in [-0.25, -0.2) is 8.42 Å². The Bertz CT molecular complexity index is 790. The molecule has 1 saturated heterocycles. The van der Waals surface area contributed by atoms with Crippen LogP contribution in [-0.2, 0) is 14.8 Å². The maximum atomic E-state index is 13.0. The molecule has 1 heterocycles. The lowest BCUT2D eigenvalue weighted by Crippen LogP contribution is -2.56. The Morgan fingerprint density at radius 3 is 2.46 bits per heavy atom. The highest BCUT2D eigenvalue weighted by molar-refractivity contribution is 7.98. The standard InChI is InChI=1S/C19H29N3O4S2/c1-4-28(25,26)22-11-9-21(10-12-22)19(24)17(8-13-27-3)20-18(23)16-7-5-6-15(2)14-16/h5-7,14,17H,4,8-13H2,1-3H3,(H,20,23). The molecule has 156 valence electrons. The number of sulfonamides is 1. The largest absolute Gasteiger partial charge is 0.340 e. The number of nitrogens with one attached hydrogen (secondary N) is 1. The fourth-order valence-corrected chi connectivity index (χ4v) is 4.67. The summed E-state index contributed by atoms with van der Waals surface area (Å²) in [7, 11) is -3.24. The predicted octanol–water partition coefficient (Wildman–Crippen LogP) is 1.34. The number of thioether (sulfide) groups is 1. The van der Waals surface area contributed by atoms with Gasteiger partial charge in [0.05, 0.1) is 5.75 Å². The summed E-state index contributed by atoms with van der Waals surface area (Å²) >= 11 is 1.62. The first-order valence-corrected chi connectivity index (χ1v) is 12.4. The summed E-state index contributed by atoms with van der Waals surface area (Å²) in [6.45, 7) is 4.80. The lowest BCUT2D eigenvalue weighted by molar-refractivity contribution is -0.134. The van der Waals surface area contributed by atoms with Crippen LogP contribution in [0.5, 0.6) is 0 Å². The van der Waals surface area contributed by atoms with Crippen molar-refractivity contribution in [2.24, 2.45) is 0 Å². The van der Waals surface area contributed by atoms with Crippen molar-refractivity contribution in [2.75, 3.05) is 43.9 Å². The van der Waals surface area contributed by atoms with Gasteiger partial charge in [-0.1, -0.05) is 17.7 Å². The Morgan fingerprint density at radius 1 is 1.21 bits per heavy atom. The number of piperazine rings is 1. The summed E-state index contributed by atoms with van der Waals surface area (Å²) in [5.74, 6) is 0.386. The molecule has 1 fully saturated rings. The summed E-state index contributed by atoms with van der Waals surface area (Å²) in [4.78, 5) is 27.3. The molecule has 0 saturated carbocycles. The molecule has 28 heavy (non-hydrogen) atoms. The summed E-state index contributed by atoms with van der Waals surface area (Å²) < 4.78 is 25.4. The third-order valence-electron chi connectivity index (χ3n) is 4.80. The monoisotopic (exact) mass is 427 g/mol. The molecule has 2 amide bonds. The van der Waals surface area contributed by atoms with E-state index in [1.54, 1.807) is 35.7 Å². The molecule has 2 rings (SSSR count). The molecule has 1 aromatic rings. The lowest BCUT2D eigenvalue weighted by atomic mass is 10.1. The minimum atomic E-state index is -3.24. The lowest BCUT2D eigenvalue weighted by Gasteiger charge is -2.35. The van der Waals surface area contributed by atoms with Crippen molar-refractivity contribution in [3.8, 4) is 0 Å². The van der Waals surface area contributed by atoms with Crippen LogP contribution in [0.2, 0.25) is 0 Å². The SMILES string of the molecule is CCS(=O)(=O)N1CCN(C(=O)C(CCSC)NC(=O)c2cccc(C)c2)CC1. The van der Waals surface area contributed by atoms with Crippen molar-refractivity contribution in [3.05, 3.63) is 35.4 Å².